The fourth-order valence-electron chi connectivity index (χ4n) is 1.30. The molecule has 0 heterocycles. The van der Waals surface area contributed by atoms with E-state index in [-0.39, 0.29) is 0 Å². The average Bonchev–Trinajstić information content (AvgIpc) is 2.17. The topological polar surface area (TPSA) is 3.24 Å². The van der Waals surface area contributed by atoms with Gasteiger partial charge in [-0.05, 0) is 30.8 Å². The molecule has 0 unspecified atom stereocenters. The summed E-state index contributed by atoms with van der Waals surface area (Å²) < 4.78 is 1.15. The minimum Gasteiger partial charge on any atom is -0.300 e. The van der Waals surface area contributed by atoms with Crippen LogP contribution in [0.1, 0.15) is 19.4 Å². The van der Waals surface area contributed by atoms with Crippen molar-refractivity contribution in [3.05, 3.63) is 34.3 Å². The second-order valence-corrected chi connectivity index (χ2v) is 4.00. The zero-order valence-corrected chi connectivity index (χ0v) is 9.84. The van der Waals surface area contributed by atoms with Crippen molar-refractivity contribution in [2.75, 3.05) is 13.1 Å². The molecule has 1 nitrogen and oxygen atoms in total. The number of rotatable bonds is 4. The van der Waals surface area contributed by atoms with Crippen molar-refractivity contribution in [3.63, 3.8) is 0 Å². The van der Waals surface area contributed by atoms with Crippen molar-refractivity contribution in [2.24, 2.45) is 0 Å². The summed E-state index contributed by atoms with van der Waals surface area (Å²) in [5, 5.41) is 0. The summed E-state index contributed by atoms with van der Waals surface area (Å²) in [4.78, 5) is 2.41. The van der Waals surface area contributed by atoms with Crippen molar-refractivity contribution in [2.45, 2.75) is 20.4 Å². The summed E-state index contributed by atoms with van der Waals surface area (Å²) in [6.07, 6.45) is 0. The molecule has 0 bridgehead atoms. The van der Waals surface area contributed by atoms with Gasteiger partial charge in [0.15, 0.2) is 0 Å². The van der Waals surface area contributed by atoms with Crippen molar-refractivity contribution in [1.82, 2.24) is 4.90 Å². The van der Waals surface area contributed by atoms with Crippen LogP contribution >= 0.6 is 15.9 Å². The van der Waals surface area contributed by atoms with Crippen LogP contribution in [0.2, 0.25) is 0 Å². The molecule has 0 aliphatic heterocycles. The predicted octanol–water partition coefficient (Wildman–Crippen LogP) is 3.29. The molecule has 0 aliphatic carbocycles. The molecule has 0 aromatic heterocycles. The SMILES string of the molecule is CCN(CC)Cc1ccc(Br)cc1. The first-order valence-electron chi connectivity index (χ1n) is 4.73. The van der Waals surface area contributed by atoms with E-state index in [2.05, 4.69) is 58.9 Å². The van der Waals surface area contributed by atoms with Crippen LogP contribution in [0, 0.1) is 0 Å². The minimum atomic E-state index is 1.06. The molecule has 72 valence electrons. The average molecular weight is 242 g/mol. The Bertz CT molecular complexity index is 239. The third-order valence-corrected chi connectivity index (χ3v) is 2.74. The number of hydrogen-bond donors (Lipinski definition) is 0. The predicted molar refractivity (Wildman–Crippen MR) is 60.8 cm³/mol. The Morgan fingerprint density at radius 3 is 2.08 bits per heavy atom. The molecular weight excluding hydrogens is 226 g/mol. The highest BCUT2D eigenvalue weighted by molar-refractivity contribution is 9.10. The number of hydrogen-bond acceptors (Lipinski definition) is 1. The van der Waals surface area contributed by atoms with E-state index in [4.69, 9.17) is 0 Å². The number of benzene rings is 1. The van der Waals surface area contributed by atoms with E-state index in [9.17, 15) is 0 Å². The van der Waals surface area contributed by atoms with Crippen LogP contribution in [0.25, 0.3) is 0 Å². The van der Waals surface area contributed by atoms with Gasteiger partial charge < -0.3 is 0 Å². The summed E-state index contributed by atoms with van der Waals surface area (Å²) in [7, 11) is 0. The van der Waals surface area contributed by atoms with E-state index in [0.717, 1.165) is 24.1 Å². The second kappa shape index (κ2) is 5.40. The summed E-state index contributed by atoms with van der Waals surface area (Å²) in [5.74, 6) is 0. The molecule has 1 aromatic carbocycles. The summed E-state index contributed by atoms with van der Waals surface area (Å²) in [6, 6.07) is 8.53. The largest absolute Gasteiger partial charge is 0.300 e. The lowest BCUT2D eigenvalue weighted by molar-refractivity contribution is 0.296. The molecule has 0 radical (unpaired) electrons. The highest BCUT2D eigenvalue weighted by Gasteiger charge is 1.99. The van der Waals surface area contributed by atoms with Crippen molar-refractivity contribution in [1.29, 1.82) is 0 Å². The second-order valence-electron chi connectivity index (χ2n) is 3.09. The smallest absolute Gasteiger partial charge is 0.0233 e. The Balaban J connectivity index is 2.58. The lowest BCUT2D eigenvalue weighted by atomic mass is 10.2. The van der Waals surface area contributed by atoms with Crippen LogP contribution in [0.4, 0.5) is 0 Å². The van der Waals surface area contributed by atoms with Crippen LogP contribution < -0.4 is 0 Å². The molecule has 1 aromatic rings. The maximum atomic E-state index is 3.43. The fourth-order valence-corrected chi connectivity index (χ4v) is 1.56. The quantitative estimate of drug-likeness (QED) is 0.783. The highest BCUT2D eigenvalue weighted by atomic mass is 79.9. The van der Waals surface area contributed by atoms with Gasteiger partial charge >= 0.3 is 0 Å². The first-order valence-corrected chi connectivity index (χ1v) is 5.52. The van der Waals surface area contributed by atoms with Crippen molar-refractivity contribution in [3.8, 4) is 0 Å². The molecular formula is C11H16BrN. The Labute approximate surface area is 88.9 Å². The van der Waals surface area contributed by atoms with Crippen molar-refractivity contribution >= 4 is 15.9 Å². The zero-order valence-electron chi connectivity index (χ0n) is 8.26. The standard InChI is InChI=1S/C11H16BrN/c1-3-13(4-2)9-10-5-7-11(12)8-6-10/h5-8H,3-4,9H2,1-2H3. The van der Waals surface area contributed by atoms with E-state index in [0.29, 0.717) is 0 Å². The lowest BCUT2D eigenvalue weighted by Crippen LogP contribution is -2.21. The Kier molecular flexibility index (Phi) is 4.46. The van der Waals surface area contributed by atoms with E-state index < -0.39 is 0 Å². The third-order valence-electron chi connectivity index (χ3n) is 2.21. The molecule has 2 heteroatoms. The fraction of sp³-hybridized carbons (Fsp3) is 0.455. The van der Waals surface area contributed by atoms with E-state index >= 15 is 0 Å². The first-order chi connectivity index (χ1) is 6.26. The van der Waals surface area contributed by atoms with Gasteiger partial charge in [0, 0.05) is 11.0 Å². The van der Waals surface area contributed by atoms with Crippen molar-refractivity contribution < 1.29 is 0 Å². The van der Waals surface area contributed by atoms with Crippen LogP contribution in [-0.2, 0) is 6.54 Å². The lowest BCUT2D eigenvalue weighted by Gasteiger charge is -2.17. The van der Waals surface area contributed by atoms with Crippen LogP contribution in [0.3, 0.4) is 0 Å². The number of nitrogens with zero attached hydrogens (tertiary/aromatic N) is 1. The Morgan fingerprint density at radius 1 is 1.08 bits per heavy atom. The van der Waals surface area contributed by atoms with Gasteiger partial charge in [0.2, 0.25) is 0 Å². The van der Waals surface area contributed by atoms with Crippen LogP contribution in [0.5, 0.6) is 0 Å². The Hall–Kier alpha value is -0.340. The van der Waals surface area contributed by atoms with Gasteiger partial charge in [0.25, 0.3) is 0 Å². The van der Waals surface area contributed by atoms with Gasteiger partial charge in [-0.2, -0.15) is 0 Å². The minimum absolute atomic E-state index is 1.06. The van der Waals surface area contributed by atoms with Crippen LogP contribution in [-0.4, -0.2) is 18.0 Å². The van der Waals surface area contributed by atoms with Gasteiger partial charge in [-0.1, -0.05) is 41.9 Å². The molecule has 0 spiro atoms. The van der Waals surface area contributed by atoms with E-state index in [1.165, 1.54) is 5.56 Å². The first kappa shape index (κ1) is 10.7. The Morgan fingerprint density at radius 2 is 1.62 bits per heavy atom. The highest BCUT2D eigenvalue weighted by Crippen LogP contribution is 2.11. The summed E-state index contributed by atoms with van der Waals surface area (Å²) in [5.41, 5.74) is 1.38. The molecule has 0 amide bonds. The van der Waals surface area contributed by atoms with E-state index in [1.807, 2.05) is 0 Å². The summed E-state index contributed by atoms with van der Waals surface area (Å²) in [6.45, 7) is 7.68. The van der Waals surface area contributed by atoms with Gasteiger partial charge in [-0.3, -0.25) is 4.90 Å². The zero-order chi connectivity index (χ0) is 9.68. The molecule has 0 saturated heterocycles. The summed E-state index contributed by atoms with van der Waals surface area (Å²) >= 11 is 3.43. The van der Waals surface area contributed by atoms with E-state index in [1.54, 1.807) is 0 Å². The molecule has 0 fully saturated rings. The third kappa shape index (κ3) is 3.49. The van der Waals surface area contributed by atoms with Crippen LogP contribution in [0.15, 0.2) is 28.7 Å². The molecule has 0 saturated carbocycles. The molecule has 0 N–H and O–H groups in total. The maximum absolute atomic E-state index is 3.43. The van der Waals surface area contributed by atoms with Gasteiger partial charge in [0.05, 0.1) is 0 Å². The van der Waals surface area contributed by atoms with Gasteiger partial charge in [-0.15, -0.1) is 0 Å². The molecule has 0 aliphatic rings. The maximum Gasteiger partial charge on any atom is 0.0233 e. The number of halogens is 1. The van der Waals surface area contributed by atoms with Gasteiger partial charge in [-0.25, -0.2) is 0 Å². The normalized spacial score (nSPS) is 10.8. The monoisotopic (exact) mass is 241 g/mol. The molecule has 1 rings (SSSR count). The molecule has 13 heavy (non-hydrogen) atoms. The molecule has 0 atom stereocenters. The van der Waals surface area contributed by atoms with Gasteiger partial charge in [0.1, 0.15) is 0 Å².